The van der Waals surface area contributed by atoms with Gasteiger partial charge in [-0.3, -0.25) is 0 Å². The van der Waals surface area contributed by atoms with E-state index in [4.69, 9.17) is 4.52 Å². The van der Waals surface area contributed by atoms with Gasteiger partial charge in [0.15, 0.2) is 5.82 Å². The van der Waals surface area contributed by atoms with E-state index in [1.807, 2.05) is 0 Å². The number of aromatic nitrogens is 2. The van der Waals surface area contributed by atoms with E-state index in [2.05, 4.69) is 15.5 Å². The summed E-state index contributed by atoms with van der Waals surface area (Å²) in [4.78, 5) is 3.96. The molecule has 1 fully saturated rings. The summed E-state index contributed by atoms with van der Waals surface area (Å²) in [5, 5.41) is 6.56. The van der Waals surface area contributed by atoms with Crippen LogP contribution in [0.2, 0.25) is 0 Å². The molecule has 2 atom stereocenters. The second-order valence-corrected chi connectivity index (χ2v) is 4.65. The fourth-order valence-electron chi connectivity index (χ4n) is 2.40. The summed E-state index contributed by atoms with van der Waals surface area (Å²) in [6, 6.07) is -0.544. The van der Waals surface area contributed by atoms with Gasteiger partial charge in [0, 0.05) is 13.0 Å². The zero-order chi connectivity index (χ0) is 13.2. The average Bonchev–Trinajstić information content (AvgIpc) is 2.72. The molecule has 0 aliphatic heterocycles. The maximum Gasteiger partial charge on any atom is 0.393 e. The largest absolute Gasteiger partial charge is 0.393 e. The van der Waals surface area contributed by atoms with Crippen molar-refractivity contribution in [3.63, 3.8) is 0 Å². The third kappa shape index (κ3) is 3.22. The summed E-state index contributed by atoms with van der Waals surface area (Å²) in [6.45, 7) is 1.87. The van der Waals surface area contributed by atoms with Crippen LogP contribution in [0.3, 0.4) is 0 Å². The van der Waals surface area contributed by atoms with Gasteiger partial charge in [-0.25, -0.2) is 0 Å². The van der Waals surface area contributed by atoms with E-state index in [0.717, 1.165) is 6.42 Å². The van der Waals surface area contributed by atoms with E-state index in [9.17, 15) is 13.2 Å². The molecule has 0 radical (unpaired) electrons. The number of aryl methyl sites for hydroxylation is 1. The molecule has 1 heterocycles. The Morgan fingerprint density at radius 2 is 2.06 bits per heavy atom. The number of nitrogens with zero attached hydrogens (tertiary/aromatic N) is 2. The average molecular weight is 263 g/mol. The maximum atomic E-state index is 12.8. The number of hydrogen-bond donors (Lipinski definition) is 1. The van der Waals surface area contributed by atoms with Gasteiger partial charge in [0.2, 0.25) is 5.89 Å². The molecule has 1 aliphatic carbocycles. The van der Waals surface area contributed by atoms with Crippen LogP contribution in [0.15, 0.2) is 4.52 Å². The standard InChI is InChI=1S/C11H16F3N3O/c1-7-16-10(17-18-7)6-15-9-5-3-2-4-8(9)11(12,13)14/h8-9,15H,2-6H2,1H3. The minimum absolute atomic E-state index is 0.201. The predicted molar refractivity (Wildman–Crippen MR) is 57.7 cm³/mol. The molecular formula is C11H16F3N3O. The molecule has 2 unspecified atom stereocenters. The lowest BCUT2D eigenvalue weighted by molar-refractivity contribution is -0.189. The first-order valence-corrected chi connectivity index (χ1v) is 6.06. The molecule has 1 aromatic heterocycles. The van der Waals surface area contributed by atoms with Crippen LogP contribution in [0.5, 0.6) is 0 Å². The highest BCUT2D eigenvalue weighted by Crippen LogP contribution is 2.37. The van der Waals surface area contributed by atoms with Gasteiger partial charge in [-0.1, -0.05) is 18.0 Å². The van der Waals surface area contributed by atoms with Crippen LogP contribution < -0.4 is 5.32 Å². The summed E-state index contributed by atoms with van der Waals surface area (Å²) >= 11 is 0. The molecule has 0 saturated heterocycles. The Balaban J connectivity index is 1.93. The third-order valence-electron chi connectivity index (χ3n) is 3.28. The minimum Gasteiger partial charge on any atom is -0.340 e. The van der Waals surface area contributed by atoms with Crippen molar-refractivity contribution >= 4 is 0 Å². The fraction of sp³-hybridized carbons (Fsp3) is 0.818. The smallest absolute Gasteiger partial charge is 0.340 e. The Morgan fingerprint density at radius 3 is 2.67 bits per heavy atom. The van der Waals surface area contributed by atoms with Crippen LogP contribution in [0.1, 0.15) is 37.4 Å². The molecule has 2 rings (SSSR count). The monoisotopic (exact) mass is 263 g/mol. The van der Waals surface area contributed by atoms with E-state index in [0.29, 0.717) is 24.6 Å². The van der Waals surface area contributed by atoms with E-state index >= 15 is 0 Å². The first kappa shape index (κ1) is 13.3. The lowest BCUT2D eigenvalue weighted by atomic mass is 9.84. The van der Waals surface area contributed by atoms with Crippen LogP contribution in [-0.2, 0) is 6.54 Å². The van der Waals surface area contributed by atoms with Gasteiger partial charge >= 0.3 is 6.18 Å². The zero-order valence-electron chi connectivity index (χ0n) is 10.1. The van der Waals surface area contributed by atoms with Crippen molar-refractivity contribution in [2.75, 3.05) is 0 Å². The van der Waals surface area contributed by atoms with Crippen LogP contribution in [-0.4, -0.2) is 22.4 Å². The number of hydrogen-bond acceptors (Lipinski definition) is 4. The van der Waals surface area contributed by atoms with Crippen LogP contribution in [0.4, 0.5) is 13.2 Å². The van der Waals surface area contributed by atoms with Crippen LogP contribution >= 0.6 is 0 Å². The molecule has 4 nitrogen and oxygen atoms in total. The van der Waals surface area contributed by atoms with Gasteiger partial charge in [0.1, 0.15) is 0 Å². The van der Waals surface area contributed by atoms with Gasteiger partial charge in [-0.15, -0.1) is 0 Å². The molecule has 102 valence electrons. The summed E-state index contributed by atoms with van der Waals surface area (Å²) in [7, 11) is 0. The van der Waals surface area contributed by atoms with Gasteiger partial charge in [0.05, 0.1) is 12.5 Å². The first-order chi connectivity index (χ1) is 8.47. The van der Waals surface area contributed by atoms with Crippen LogP contribution in [0.25, 0.3) is 0 Å². The second-order valence-electron chi connectivity index (χ2n) is 4.65. The van der Waals surface area contributed by atoms with Crippen molar-refractivity contribution in [2.45, 2.75) is 51.4 Å². The molecule has 1 aliphatic rings. The molecule has 7 heteroatoms. The molecule has 1 aromatic rings. The molecule has 1 N–H and O–H groups in total. The number of nitrogens with one attached hydrogen (secondary N) is 1. The first-order valence-electron chi connectivity index (χ1n) is 6.06. The molecule has 1 saturated carbocycles. The highest BCUT2D eigenvalue weighted by Gasteiger charge is 2.45. The van der Waals surface area contributed by atoms with Gasteiger partial charge in [0.25, 0.3) is 0 Å². The fourth-order valence-corrected chi connectivity index (χ4v) is 2.40. The van der Waals surface area contributed by atoms with Gasteiger partial charge < -0.3 is 9.84 Å². The topological polar surface area (TPSA) is 51.0 Å². The minimum atomic E-state index is -4.13. The SMILES string of the molecule is Cc1nc(CNC2CCCCC2C(F)(F)F)no1. The zero-order valence-corrected chi connectivity index (χ0v) is 10.1. The van der Waals surface area contributed by atoms with Crippen molar-refractivity contribution in [1.82, 2.24) is 15.5 Å². The van der Waals surface area contributed by atoms with Gasteiger partial charge in [-0.05, 0) is 12.8 Å². The molecule has 0 bridgehead atoms. The van der Waals surface area contributed by atoms with Crippen molar-refractivity contribution in [2.24, 2.45) is 5.92 Å². The Hall–Kier alpha value is -1.11. The van der Waals surface area contributed by atoms with E-state index < -0.39 is 18.1 Å². The molecular weight excluding hydrogens is 247 g/mol. The van der Waals surface area contributed by atoms with Crippen LogP contribution in [0, 0.1) is 12.8 Å². The second kappa shape index (κ2) is 5.26. The number of halogens is 3. The molecule has 0 amide bonds. The normalized spacial score (nSPS) is 25.3. The van der Waals surface area contributed by atoms with Gasteiger partial charge in [-0.2, -0.15) is 18.2 Å². The number of alkyl halides is 3. The Morgan fingerprint density at radius 1 is 1.33 bits per heavy atom. The molecule has 0 aromatic carbocycles. The Labute approximate surface area is 103 Å². The molecule has 0 spiro atoms. The quantitative estimate of drug-likeness (QED) is 0.910. The Bertz CT molecular complexity index is 391. The van der Waals surface area contributed by atoms with Crippen molar-refractivity contribution < 1.29 is 17.7 Å². The summed E-state index contributed by atoms with van der Waals surface area (Å²) < 4.78 is 43.3. The predicted octanol–water partition coefficient (Wildman–Crippen LogP) is 2.59. The lowest BCUT2D eigenvalue weighted by Gasteiger charge is -2.33. The summed E-state index contributed by atoms with van der Waals surface area (Å²) in [5.74, 6) is -0.443. The molecule has 18 heavy (non-hydrogen) atoms. The highest BCUT2D eigenvalue weighted by atomic mass is 19.4. The van der Waals surface area contributed by atoms with E-state index in [-0.39, 0.29) is 13.0 Å². The van der Waals surface area contributed by atoms with Crippen molar-refractivity contribution in [3.8, 4) is 0 Å². The Kier molecular flexibility index (Phi) is 3.89. The number of rotatable bonds is 3. The van der Waals surface area contributed by atoms with Crippen molar-refractivity contribution in [3.05, 3.63) is 11.7 Å². The summed E-state index contributed by atoms with van der Waals surface area (Å²) in [6.07, 6.45) is -1.92. The van der Waals surface area contributed by atoms with Crippen molar-refractivity contribution in [1.29, 1.82) is 0 Å². The third-order valence-corrected chi connectivity index (χ3v) is 3.28. The van der Waals surface area contributed by atoms with E-state index in [1.54, 1.807) is 6.92 Å². The van der Waals surface area contributed by atoms with E-state index in [1.165, 1.54) is 0 Å². The highest BCUT2D eigenvalue weighted by molar-refractivity contribution is 4.89. The lowest BCUT2D eigenvalue weighted by Crippen LogP contribution is -2.45. The maximum absolute atomic E-state index is 12.8. The summed E-state index contributed by atoms with van der Waals surface area (Å²) in [5.41, 5.74) is 0.